The Labute approximate surface area is 98.4 Å². The molecule has 0 radical (unpaired) electrons. The van der Waals surface area contributed by atoms with E-state index in [4.69, 9.17) is 11.6 Å². The topological polar surface area (TPSA) is 42.0 Å². The van der Waals surface area contributed by atoms with E-state index >= 15 is 0 Å². The second-order valence-corrected chi connectivity index (χ2v) is 3.76. The van der Waals surface area contributed by atoms with Gasteiger partial charge in [-0.3, -0.25) is 9.78 Å². The number of halogens is 1. The van der Waals surface area contributed by atoms with Gasteiger partial charge in [0.1, 0.15) is 0 Å². The van der Waals surface area contributed by atoms with E-state index in [0.29, 0.717) is 22.6 Å². The van der Waals surface area contributed by atoms with E-state index in [9.17, 15) is 4.79 Å². The number of hydrogen-bond donors (Lipinski definition) is 1. The highest BCUT2D eigenvalue weighted by Gasteiger charge is 2.11. The molecule has 1 aromatic heterocycles. The lowest BCUT2D eigenvalue weighted by molar-refractivity contribution is 0.0957. The number of nitrogens with zero attached hydrogens (tertiary/aromatic N) is 1. The van der Waals surface area contributed by atoms with Crippen LogP contribution in [0.3, 0.4) is 0 Å². The summed E-state index contributed by atoms with van der Waals surface area (Å²) in [6.07, 6.45) is 1.66. The first-order valence-corrected chi connectivity index (χ1v) is 5.43. The first-order chi connectivity index (χ1) is 7.74. The Balaban J connectivity index is 2.63. The Morgan fingerprint density at radius 1 is 1.44 bits per heavy atom. The summed E-state index contributed by atoms with van der Waals surface area (Å²) in [5.41, 5.74) is 1.27. The molecule has 0 bridgehead atoms. The Morgan fingerprint density at radius 3 is 3.00 bits per heavy atom. The predicted molar refractivity (Wildman–Crippen MR) is 64.8 cm³/mol. The maximum Gasteiger partial charge on any atom is 0.251 e. The zero-order valence-corrected chi connectivity index (χ0v) is 9.58. The van der Waals surface area contributed by atoms with Gasteiger partial charge in [0.15, 0.2) is 0 Å². The Morgan fingerprint density at radius 2 is 2.25 bits per heavy atom. The minimum atomic E-state index is -0.0998. The van der Waals surface area contributed by atoms with E-state index < -0.39 is 0 Å². The van der Waals surface area contributed by atoms with Crippen molar-refractivity contribution in [2.75, 3.05) is 6.54 Å². The van der Waals surface area contributed by atoms with Crippen LogP contribution in [0.1, 0.15) is 17.3 Å². The summed E-state index contributed by atoms with van der Waals surface area (Å²) in [6.45, 7) is 2.48. The number of nitrogens with one attached hydrogen (secondary N) is 1. The fourth-order valence-electron chi connectivity index (χ4n) is 1.59. The summed E-state index contributed by atoms with van der Waals surface area (Å²) in [6, 6.07) is 7.05. The Bertz CT molecular complexity index is 540. The lowest BCUT2D eigenvalue weighted by Crippen LogP contribution is -2.22. The van der Waals surface area contributed by atoms with Gasteiger partial charge in [0.2, 0.25) is 0 Å². The van der Waals surface area contributed by atoms with Crippen LogP contribution in [0.5, 0.6) is 0 Å². The first kappa shape index (κ1) is 10.9. The number of rotatable bonds is 2. The summed E-state index contributed by atoms with van der Waals surface area (Å²) < 4.78 is 0. The van der Waals surface area contributed by atoms with Crippen LogP contribution in [-0.2, 0) is 0 Å². The van der Waals surface area contributed by atoms with E-state index in [1.807, 2.05) is 13.0 Å². The van der Waals surface area contributed by atoms with Crippen molar-refractivity contribution >= 4 is 28.4 Å². The fraction of sp³-hybridized carbons (Fsp3) is 0.167. The number of hydrogen-bond acceptors (Lipinski definition) is 2. The van der Waals surface area contributed by atoms with Gasteiger partial charge in [0.05, 0.1) is 10.5 Å². The molecule has 1 N–H and O–H groups in total. The van der Waals surface area contributed by atoms with Crippen LogP contribution >= 0.6 is 11.6 Å². The van der Waals surface area contributed by atoms with Crippen LogP contribution < -0.4 is 5.32 Å². The molecule has 4 heteroatoms. The molecule has 1 amide bonds. The van der Waals surface area contributed by atoms with E-state index in [0.717, 1.165) is 5.39 Å². The van der Waals surface area contributed by atoms with Gasteiger partial charge in [0.25, 0.3) is 5.91 Å². The number of benzene rings is 1. The number of aromatic nitrogens is 1. The van der Waals surface area contributed by atoms with Gasteiger partial charge in [-0.2, -0.15) is 0 Å². The standard InChI is InChI=1S/C12H11ClN2O/c1-2-14-12(16)9-5-6-10(13)11-8(9)4-3-7-15-11/h3-7H,2H2,1H3,(H,14,16). The molecule has 0 aliphatic carbocycles. The quantitative estimate of drug-likeness (QED) is 0.868. The van der Waals surface area contributed by atoms with Crippen LogP contribution in [0.25, 0.3) is 10.9 Å². The molecule has 1 heterocycles. The molecule has 82 valence electrons. The molecule has 0 saturated heterocycles. The van der Waals surface area contributed by atoms with Crippen molar-refractivity contribution in [3.8, 4) is 0 Å². The normalized spacial score (nSPS) is 10.4. The largest absolute Gasteiger partial charge is 0.352 e. The molecule has 0 atom stereocenters. The van der Waals surface area contributed by atoms with Crippen LogP contribution in [0.4, 0.5) is 0 Å². The molecule has 0 spiro atoms. The molecule has 2 aromatic rings. The second-order valence-electron chi connectivity index (χ2n) is 3.35. The number of amides is 1. The van der Waals surface area contributed by atoms with Crippen LogP contribution in [-0.4, -0.2) is 17.4 Å². The highest BCUT2D eigenvalue weighted by molar-refractivity contribution is 6.35. The molecule has 0 unspecified atom stereocenters. The third kappa shape index (κ3) is 1.86. The molecule has 3 nitrogen and oxygen atoms in total. The van der Waals surface area contributed by atoms with Crippen molar-refractivity contribution in [1.82, 2.24) is 10.3 Å². The SMILES string of the molecule is CCNC(=O)c1ccc(Cl)c2ncccc12. The number of pyridine rings is 1. The van der Waals surface area contributed by atoms with E-state index in [-0.39, 0.29) is 5.91 Å². The van der Waals surface area contributed by atoms with Crippen LogP contribution in [0.2, 0.25) is 5.02 Å². The molecule has 2 rings (SSSR count). The van der Waals surface area contributed by atoms with Gasteiger partial charge in [-0.05, 0) is 25.1 Å². The Hall–Kier alpha value is -1.61. The van der Waals surface area contributed by atoms with E-state index in [2.05, 4.69) is 10.3 Å². The molecule has 0 saturated carbocycles. The molecular weight excluding hydrogens is 224 g/mol. The van der Waals surface area contributed by atoms with Gasteiger partial charge in [-0.1, -0.05) is 17.7 Å². The lowest BCUT2D eigenvalue weighted by Gasteiger charge is -2.06. The van der Waals surface area contributed by atoms with Crippen LogP contribution in [0.15, 0.2) is 30.5 Å². The summed E-state index contributed by atoms with van der Waals surface area (Å²) in [7, 11) is 0. The van der Waals surface area contributed by atoms with Crippen molar-refractivity contribution in [2.45, 2.75) is 6.92 Å². The first-order valence-electron chi connectivity index (χ1n) is 5.05. The van der Waals surface area contributed by atoms with Gasteiger partial charge in [0, 0.05) is 23.7 Å². The number of carbonyl (C=O) groups is 1. The summed E-state index contributed by atoms with van der Waals surface area (Å²) in [5.74, 6) is -0.0998. The average Bonchev–Trinajstić information content (AvgIpc) is 2.30. The summed E-state index contributed by atoms with van der Waals surface area (Å²) in [4.78, 5) is 16.0. The fourth-order valence-corrected chi connectivity index (χ4v) is 1.81. The second kappa shape index (κ2) is 4.49. The van der Waals surface area contributed by atoms with Crippen molar-refractivity contribution in [3.05, 3.63) is 41.0 Å². The lowest BCUT2D eigenvalue weighted by atomic mass is 10.1. The molecule has 0 fully saturated rings. The summed E-state index contributed by atoms with van der Waals surface area (Å²) >= 11 is 6.02. The highest BCUT2D eigenvalue weighted by Crippen LogP contribution is 2.24. The zero-order chi connectivity index (χ0) is 11.5. The molecule has 0 aliphatic rings. The maximum atomic E-state index is 11.8. The minimum Gasteiger partial charge on any atom is -0.352 e. The van der Waals surface area contributed by atoms with Gasteiger partial charge < -0.3 is 5.32 Å². The predicted octanol–water partition coefficient (Wildman–Crippen LogP) is 2.64. The molecular formula is C12H11ClN2O. The van der Waals surface area contributed by atoms with E-state index in [1.54, 1.807) is 24.4 Å². The van der Waals surface area contributed by atoms with Crippen molar-refractivity contribution < 1.29 is 4.79 Å². The Kier molecular flexibility index (Phi) is 3.06. The van der Waals surface area contributed by atoms with Crippen LogP contribution in [0, 0.1) is 0 Å². The van der Waals surface area contributed by atoms with Gasteiger partial charge in [-0.25, -0.2) is 0 Å². The highest BCUT2D eigenvalue weighted by atomic mass is 35.5. The maximum absolute atomic E-state index is 11.8. The van der Waals surface area contributed by atoms with Crippen molar-refractivity contribution in [2.24, 2.45) is 0 Å². The van der Waals surface area contributed by atoms with Crippen molar-refractivity contribution in [3.63, 3.8) is 0 Å². The smallest absolute Gasteiger partial charge is 0.251 e. The van der Waals surface area contributed by atoms with Gasteiger partial charge in [-0.15, -0.1) is 0 Å². The average molecular weight is 235 g/mol. The molecule has 16 heavy (non-hydrogen) atoms. The molecule has 1 aromatic carbocycles. The van der Waals surface area contributed by atoms with Gasteiger partial charge >= 0.3 is 0 Å². The number of carbonyl (C=O) groups excluding carboxylic acids is 1. The monoisotopic (exact) mass is 234 g/mol. The minimum absolute atomic E-state index is 0.0998. The third-order valence-electron chi connectivity index (χ3n) is 2.30. The summed E-state index contributed by atoms with van der Waals surface area (Å²) in [5, 5.41) is 4.10. The van der Waals surface area contributed by atoms with E-state index in [1.165, 1.54) is 0 Å². The zero-order valence-electron chi connectivity index (χ0n) is 8.83. The van der Waals surface area contributed by atoms with Crippen molar-refractivity contribution in [1.29, 1.82) is 0 Å². The third-order valence-corrected chi connectivity index (χ3v) is 2.61. The number of fused-ring (bicyclic) bond motifs is 1. The molecule has 0 aliphatic heterocycles.